The predicted octanol–water partition coefficient (Wildman–Crippen LogP) is 4.43. The highest BCUT2D eigenvalue weighted by molar-refractivity contribution is 5.70. The first-order chi connectivity index (χ1) is 15.9. The molecule has 0 saturated carbocycles. The van der Waals surface area contributed by atoms with Gasteiger partial charge in [-0.25, -0.2) is 9.97 Å². The molecule has 1 aliphatic rings. The number of anilines is 1. The van der Waals surface area contributed by atoms with Crippen LogP contribution in [-0.2, 0) is 17.8 Å². The van der Waals surface area contributed by atoms with E-state index >= 15 is 0 Å². The van der Waals surface area contributed by atoms with Crippen LogP contribution >= 0.6 is 0 Å². The monoisotopic (exact) mass is 444 g/mol. The molecule has 1 aromatic heterocycles. The molecule has 6 heteroatoms. The Bertz CT molecular complexity index is 1080. The molecule has 0 amide bonds. The highest BCUT2D eigenvalue weighted by Crippen LogP contribution is 2.25. The third-order valence-electron chi connectivity index (χ3n) is 6.23. The van der Waals surface area contributed by atoms with Crippen molar-refractivity contribution in [1.29, 1.82) is 0 Å². The highest BCUT2D eigenvalue weighted by Gasteiger charge is 2.31. The molecule has 1 N–H and O–H groups in total. The molecule has 0 radical (unpaired) electrons. The summed E-state index contributed by atoms with van der Waals surface area (Å²) in [4.78, 5) is 25.4. The average Bonchev–Trinajstić information content (AvgIpc) is 2.79. The van der Waals surface area contributed by atoms with Gasteiger partial charge in [-0.05, 0) is 29.5 Å². The fraction of sp³-hybridized carbons (Fsp3) is 0.370. The van der Waals surface area contributed by atoms with Crippen LogP contribution in [-0.4, -0.2) is 51.6 Å². The lowest BCUT2D eigenvalue weighted by molar-refractivity contribution is -0.136. The van der Waals surface area contributed by atoms with E-state index in [-0.39, 0.29) is 6.42 Å². The Morgan fingerprint density at radius 3 is 2.39 bits per heavy atom. The Hall–Kier alpha value is -3.25. The number of carbonyl (C=O) groups is 1. The number of carboxylic acids is 1. The van der Waals surface area contributed by atoms with Gasteiger partial charge in [0.15, 0.2) is 0 Å². The summed E-state index contributed by atoms with van der Waals surface area (Å²) >= 11 is 0. The van der Waals surface area contributed by atoms with E-state index in [1.165, 1.54) is 5.56 Å². The van der Waals surface area contributed by atoms with Gasteiger partial charge in [0.25, 0.3) is 0 Å². The van der Waals surface area contributed by atoms with Crippen LogP contribution in [0.1, 0.15) is 30.5 Å². The second-order valence-corrected chi connectivity index (χ2v) is 9.28. The summed E-state index contributed by atoms with van der Waals surface area (Å²) in [5.74, 6) is 0.441. The van der Waals surface area contributed by atoms with Gasteiger partial charge in [0.1, 0.15) is 0 Å². The minimum absolute atomic E-state index is 0.0629. The van der Waals surface area contributed by atoms with E-state index in [0.717, 1.165) is 54.4 Å². The number of aliphatic carboxylic acids is 1. The molecule has 172 valence electrons. The van der Waals surface area contributed by atoms with Gasteiger partial charge in [0.05, 0.1) is 6.42 Å². The van der Waals surface area contributed by atoms with Gasteiger partial charge in [0.2, 0.25) is 5.95 Å². The first-order valence-electron chi connectivity index (χ1n) is 11.6. The topological polar surface area (TPSA) is 69.6 Å². The Balaban J connectivity index is 1.47. The normalized spacial score (nSPS) is 16.8. The van der Waals surface area contributed by atoms with Crippen molar-refractivity contribution in [2.45, 2.75) is 39.8 Å². The van der Waals surface area contributed by atoms with Crippen LogP contribution in [0.2, 0.25) is 0 Å². The third kappa shape index (κ3) is 5.76. The molecule has 1 atom stereocenters. The molecule has 1 saturated heterocycles. The Morgan fingerprint density at radius 1 is 1.03 bits per heavy atom. The first kappa shape index (κ1) is 22.9. The molecule has 33 heavy (non-hydrogen) atoms. The molecule has 3 aromatic rings. The summed E-state index contributed by atoms with van der Waals surface area (Å²) < 4.78 is 0. The van der Waals surface area contributed by atoms with Crippen molar-refractivity contribution in [2.24, 2.45) is 5.92 Å². The van der Waals surface area contributed by atoms with Crippen molar-refractivity contribution in [3.05, 3.63) is 77.6 Å². The average molecular weight is 445 g/mol. The fourth-order valence-electron chi connectivity index (χ4n) is 4.66. The van der Waals surface area contributed by atoms with Crippen LogP contribution in [0.5, 0.6) is 0 Å². The molecular formula is C27H32N4O2. The Kier molecular flexibility index (Phi) is 7.04. The van der Waals surface area contributed by atoms with E-state index in [9.17, 15) is 4.79 Å². The molecule has 0 bridgehead atoms. The Labute approximate surface area is 195 Å². The molecule has 1 aliphatic heterocycles. The van der Waals surface area contributed by atoms with Gasteiger partial charge < -0.3 is 10.0 Å². The second kappa shape index (κ2) is 10.1. The molecule has 0 aliphatic carbocycles. The van der Waals surface area contributed by atoms with E-state index in [2.05, 4.69) is 41.8 Å². The first-order valence-corrected chi connectivity index (χ1v) is 11.6. The number of aromatic nitrogens is 2. The minimum Gasteiger partial charge on any atom is -0.481 e. The van der Waals surface area contributed by atoms with Gasteiger partial charge in [-0.3, -0.25) is 9.69 Å². The zero-order chi connectivity index (χ0) is 23.4. The quantitative estimate of drug-likeness (QED) is 0.582. The van der Waals surface area contributed by atoms with Crippen molar-refractivity contribution in [2.75, 3.05) is 24.5 Å². The molecule has 2 heterocycles. The van der Waals surface area contributed by atoms with Crippen LogP contribution in [0, 0.1) is 12.8 Å². The number of nitrogens with zero attached hydrogens (tertiary/aromatic N) is 4. The van der Waals surface area contributed by atoms with Crippen LogP contribution in [0.15, 0.2) is 60.9 Å². The second-order valence-electron chi connectivity index (χ2n) is 9.28. The maximum Gasteiger partial charge on any atom is 0.307 e. The van der Waals surface area contributed by atoms with E-state index < -0.39 is 5.97 Å². The number of benzene rings is 2. The zero-order valence-corrected chi connectivity index (χ0v) is 19.6. The smallest absolute Gasteiger partial charge is 0.307 e. The molecule has 0 spiro atoms. The SMILES string of the molecule is Cc1cc(CC(=O)O)cc(CN2CCN(c3ncc(-c4ccccc4)cn3)[C@@H](C(C)C)C2)c1. The Morgan fingerprint density at radius 2 is 1.73 bits per heavy atom. The maximum absolute atomic E-state index is 11.1. The summed E-state index contributed by atoms with van der Waals surface area (Å²) in [6.07, 6.45) is 3.89. The lowest BCUT2D eigenvalue weighted by Crippen LogP contribution is -2.55. The fourth-order valence-corrected chi connectivity index (χ4v) is 4.66. The summed E-state index contributed by atoms with van der Waals surface area (Å²) in [5.41, 5.74) is 5.29. The van der Waals surface area contributed by atoms with Crippen molar-refractivity contribution in [3.63, 3.8) is 0 Å². The van der Waals surface area contributed by atoms with Gasteiger partial charge in [-0.15, -0.1) is 0 Å². The number of rotatable bonds is 7. The van der Waals surface area contributed by atoms with Crippen molar-refractivity contribution in [1.82, 2.24) is 14.9 Å². The lowest BCUT2D eigenvalue weighted by Gasteiger charge is -2.43. The molecule has 4 rings (SSSR count). The van der Waals surface area contributed by atoms with Gasteiger partial charge in [-0.1, -0.05) is 67.9 Å². The number of aryl methyl sites for hydroxylation is 1. The third-order valence-corrected chi connectivity index (χ3v) is 6.23. The number of carboxylic acid groups (broad SMARTS) is 1. The van der Waals surface area contributed by atoms with Gasteiger partial charge in [-0.2, -0.15) is 0 Å². The van der Waals surface area contributed by atoms with Gasteiger partial charge in [0, 0.05) is 50.2 Å². The van der Waals surface area contributed by atoms with Crippen LogP contribution in [0.3, 0.4) is 0 Å². The summed E-state index contributed by atoms with van der Waals surface area (Å²) in [6.45, 7) is 10.0. The number of piperazine rings is 1. The lowest BCUT2D eigenvalue weighted by atomic mass is 9.98. The van der Waals surface area contributed by atoms with E-state index in [4.69, 9.17) is 15.1 Å². The van der Waals surface area contributed by atoms with Crippen molar-refractivity contribution in [3.8, 4) is 11.1 Å². The molecule has 6 nitrogen and oxygen atoms in total. The number of hydrogen-bond donors (Lipinski definition) is 1. The van der Waals surface area contributed by atoms with E-state index in [0.29, 0.717) is 12.0 Å². The predicted molar refractivity (Wildman–Crippen MR) is 131 cm³/mol. The van der Waals surface area contributed by atoms with E-state index in [1.54, 1.807) is 0 Å². The van der Waals surface area contributed by atoms with Crippen molar-refractivity contribution >= 4 is 11.9 Å². The minimum atomic E-state index is -0.793. The summed E-state index contributed by atoms with van der Waals surface area (Å²) in [7, 11) is 0. The summed E-state index contributed by atoms with van der Waals surface area (Å²) in [5, 5.41) is 9.16. The standard InChI is InChI=1S/C27H32N4O2/c1-19(2)25-18-30(17-22-12-20(3)11-21(13-22)14-26(32)33)9-10-31(25)27-28-15-24(16-29-27)23-7-5-4-6-8-23/h4-8,11-13,15-16,19,25H,9-10,14,17-18H2,1-3H3,(H,32,33)/t25-/m1/s1. The van der Waals surface area contributed by atoms with Crippen LogP contribution in [0.4, 0.5) is 5.95 Å². The molecular weight excluding hydrogens is 412 g/mol. The molecule has 2 aromatic carbocycles. The molecule has 1 fully saturated rings. The van der Waals surface area contributed by atoms with Crippen molar-refractivity contribution < 1.29 is 9.90 Å². The zero-order valence-electron chi connectivity index (χ0n) is 19.6. The largest absolute Gasteiger partial charge is 0.481 e. The van der Waals surface area contributed by atoms with Crippen LogP contribution in [0.25, 0.3) is 11.1 Å². The maximum atomic E-state index is 11.1. The van der Waals surface area contributed by atoms with Crippen LogP contribution < -0.4 is 4.90 Å². The summed E-state index contributed by atoms with van der Waals surface area (Å²) in [6, 6.07) is 16.7. The molecule has 0 unspecified atom stereocenters. The number of hydrogen-bond acceptors (Lipinski definition) is 5. The highest BCUT2D eigenvalue weighted by atomic mass is 16.4. The van der Waals surface area contributed by atoms with Gasteiger partial charge >= 0.3 is 5.97 Å². The van der Waals surface area contributed by atoms with E-state index in [1.807, 2.05) is 49.6 Å².